The summed E-state index contributed by atoms with van der Waals surface area (Å²) >= 11 is 0. The molecule has 0 spiro atoms. The third-order valence-electron chi connectivity index (χ3n) is 4.55. The Morgan fingerprint density at radius 1 is 1.12 bits per heavy atom. The van der Waals surface area contributed by atoms with Crippen LogP contribution in [-0.2, 0) is 14.8 Å². The molecule has 0 unspecified atom stereocenters. The van der Waals surface area contributed by atoms with Gasteiger partial charge in [0.05, 0.1) is 4.90 Å². The molecule has 140 valence electrons. The molecule has 1 heterocycles. The second kappa shape index (κ2) is 8.76. The van der Waals surface area contributed by atoms with Gasteiger partial charge in [0.2, 0.25) is 15.9 Å². The van der Waals surface area contributed by atoms with Gasteiger partial charge in [-0.15, -0.1) is 0 Å². The molecule has 0 atom stereocenters. The SMILES string of the molecule is CCCN(CCC)C(=O)C1CCN(S(=O)(=O)c2ccc(F)cc2)CC1. The summed E-state index contributed by atoms with van der Waals surface area (Å²) in [6.45, 7) is 6.24. The molecule has 1 aromatic rings. The van der Waals surface area contributed by atoms with Gasteiger partial charge in [0.25, 0.3) is 0 Å². The molecule has 0 N–H and O–H groups in total. The fourth-order valence-electron chi connectivity index (χ4n) is 3.23. The van der Waals surface area contributed by atoms with E-state index in [4.69, 9.17) is 0 Å². The average molecular weight is 370 g/mol. The highest BCUT2D eigenvalue weighted by Gasteiger charge is 2.33. The van der Waals surface area contributed by atoms with E-state index in [0.717, 1.165) is 38.1 Å². The van der Waals surface area contributed by atoms with E-state index >= 15 is 0 Å². The van der Waals surface area contributed by atoms with Crippen LogP contribution < -0.4 is 0 Å². The number of carbonyl (C=O) groups excluding carboxylic acids is 1. The zero-order valence-corrected chi connectivity index (χ0v) is 15.8. The standard InChI is InChI=1S/C18H27FN2O3S/c1-3-11-20(12-4-2)18(22)15-9-13-21(14-10-15)25(23,24)17-7-5-16(19)6-8-17/h5-8,15H,3-4,9-14H2,1-2H3. The van der Waals surface area contributed by atoms with Gasteiger partial charge in [0.1, 0.15) is 5.82 Å². The fraction of sp³-hybridized carbons (Fsp3) is 0.611. The van der Waals surface area contributed by atoms with Crippen LogP contribution in [0.2, 0.25) is 0 Å². The topological polar surface area (TPSA) is 57.7 Å². The van der Waals surface area contributed by atoms with Crippen LogP contribution in [0.15, 0.2) is 29.2 Å². The molecule has 0 aliphatic carbocycles. The van der Waals surface area contributed by atoms with Gasteiger partial charge in [-0.2, -0.15) is 4.31 Å². The maximum absolute atomic E-state index is 13.0. The molecule has 1 amide bonds. The Balaban J connectivity index is 2.00. The van der Waals surface area contributed by atoms with Gasteiger partial charge in [-0.3, -0.25) is 4.79 Å². The first-order valence-electron chi connectivity index (χ1n) is 8.94. The molecule has 1 aliphatic heterocycles. The Morgan fingerprint density at radius 3 is 2.12 bits per heavy atom. The number of amides is 1. The molecule has 7 heteroatoms. The van der Waals surface area contributed by atoms with Crippen LogP contribution in [0, 0.1) is 11.7 Å². The van der Waals surface area contributed by atoms with Crippen molar-refractivity contribution in [1.82, 2.24) is 9.21 Å². The molecular formula is C18H27FN2O3S. The zero-order chi connectivity index (χ0) is 18.4. The van der Waals surface area contributed by atoms with E-state index in [0.29, 0.717) is 25.9 Å². The van der Waals surface area contributed by atoms with Crippen LogP contribution in [0.25, 0.3) is 0 Å². The number of carbonyl (C=O) groups is 1. The number of sulfonamides is 1. The van der Waals surface area contributed by atoms with Gasteiger partial charge in [-0.1, -0.05) is 13.8 Å². The van der Waals surface area contributed by atoms with Crippen molar-refractivity contribution in [3.8, 4) is 0 Å². The van der Waals surface area contributed by atoms with E-state index in [-0.39, 0.29) is 16.7 Å². The third-order valence-corrected chi connectivity index (χ3v) is 6.47. The number of halogens is 1. The van der Waals surface area contributed by atoms with Crippen molar-refractivity contribution < 1.29 is 17.6 Å². The highest BCUT2D eigenvalue weighted by molar-refractivity contribution is 7.89. The molecule has 0 aromatic heterocycles. The number of hydrogen-bond acceptors (Lipinski definition) is 3. The molecule has 1 aliphatic rings. The van der Waals surface area contributed by atoms with Gasteiger partial charge < -0.3 is 4.90 Å². The van der Waals surface area contributed by atoms with Crippen molar-refractivity contribution in [2.45, 2.75) is 44.4 Å². The molecule has 1 fully saturated rings. The Kier molecular flexibility index (Phi) is 6.95. The van der Waals surface area contributed by atoms with E-state index in [1.807, 2.05) is 18.7 Å². The van der Waals surface area contributed by atoms with Crippen LogP contribution >= 0.6 is 0 Å². The van der Waals surface area contributed by atoms with E-state index in [1.54, 1.807) is 0 Å². The number of benzene rings is 1. The van der Waals surface area contributed by atoms with Crippen molar-refractivity contribution >= 4 is 15.9 Å². The second-order valence-electron chi connectivity index (χ2n) is 6.46. The minimum absolute atomic E-state index is 0.0947. The van der Waals surface area contributed by atoms with Crippen molar-refractivity contribution in [3.05, 3.63) is 30.1 Å². The first-order chi connectivity index (χ1) is 11.9. The summed E-state index contributed by atoms with van der Waals surface area (Å²) in [4.78, 5) is 14.7. The van der Waals surface area contributed by atoms with Gasteiger partial charge >= 0.3 is 0 Å². The lowest BCUT2D eigenvalue weighted by Crippen LogP contribution is -2.44. The molecule has 25 heavy (non-hydrogen) atoms. The summed E-state index contributed by atoms with van der Waals surface area (Å²) in [6.07, 6.45) is 2.90. The van der Waals surface area contributed by atoms with Crippen LogP contribution in [0.4, 0.5) is 4.39 Å². The molecule has 0 saturated carbocycles. The Bertz CT molecular complexity index is 662. The molecule has 2 rings (SSSR count). The smallest absolute Gasteiger partial charge is 0.243 e. The fourth-order valence-corrected chi connectivity index (χ4v) is 4.70. The van der Waals surface area contributed by atoms with Crippen molar-refractivity contribution in [2.75, 3.05) is 26.2 Å². The maximum atomic E-state index is 13.0. The number of nitrogens with zero attached hydrogens (tertiary/aromatic N) is 2. The molecule has 1 aromatic carbocycles. The van der Waals surface area contributed by atoms with Gasteiger partial charge in [-0.25, -0.2) is 12.8 Å². The van der Waals surface area contributed by atoms with Crippen LogP contribution in [0.1, 0.15) is 39.5 Å². The Morgan fingerprint density at radius 2 is 1.64 bits per heavy atom. The monoisotopic (exact) mass is 370 g/mol. The van der Waals surface area contributed by atoms with E-state index in [9.17, 15) is 17.6 Å². The lowest BCUT2D eigenvalue weighted by molar-refractivity contribution is -0.136. The molecule has 0 bridgehead atoms. The maximum Gasteiger partial charge on any atom is 0.243 e. The molecule has 0 radical (unpaired) electrons. The summed E-state index contributed by atoms with van der Waals surface area (Å²) in [7, 11) is -3.63. The Hall–Kier alpha value is -1.47. The minimum atomic E-state index is -3.63. The van der Waals surface area contributed by atoms with Crippen molar-refractivity contribution in [2.24, 2.45) is 5.92 Å². The first kappa shape index (κ1) is 19.8. The van der Waals surface area contributed by atoms with E-state index < -0.39 is 15.8 Å². The lowest BCUT2D eigenvalue weighted by atomic mass is 9.96. The highest BCUT2D eigenvalue weighted by Crippen LogP contribution is 2.25. The van der Waals surface area contributed by atoms with Crippen molar-refractivity contribution in [1.29, 1.82) is 0 Å². The number of hydrogen-bond donors (Lipinski definition) is 0. The Labute approximate surface area is 149 Å². The predicted octanol–water partition coefficient (Wildman–Crippen LogP) is 2.88. The van der Waals surface area contributed by atoms with Gasteiger partial charge in [-0.05, 0) is 49.9 Å². The largest absolute Gasteiger partial charge is 0.342 e. The quantitative estimate of drug-likeness (QED) is 0.742. The lowest BCUT2D eigenvalue weighted by Gasteiger charge is -2.33. The van der Waals surface area contributed by atoms with Crippen molar-refractivity contribution in [3.63, 3.8) is 0 Å². The zero-order valence-electron chi connectivity index (χ0n) is 14.9. The summed E-state index contributed by atoms with van der Waals surface area (Å²) in [5.74, 6) is -0.435. The first-order valence-corrected chi connectivity index (χ1v) is 10.4. The van der Waals surface area contributed by atoms with Crippen LogP contribution in [-0.4, -0.2) is 49.7 Å². The summed E-state index contributed by atoms with van der Waals surface area (Å²) in [5.41, 5.74) is 0. The summed E-state index contributed by atoms with van der Waals surface area (Å²) < 4.78 is 39.6. The third kappa shape index (κ3) is 4.79. The van der Waals surface area contributed by atoms with Crippen LogP contribution in [0.3, 0.4) is 0 Å². The summed E-state index contributed by atoms with van der Waals surface area (Å²) in [6, 6.07) is 4.87. The van der Waals surface area contributed by atoms with Gasteiger partial charge in [0, 0.05) is 32.1 Å². The molecular weight excluding hydrogens is 343 g/mol. The molecule has 5 nitrogen and oxygen atoms in total. The normalized spacial score (nSPS) is 16.8. The predicted molar refractivity (Wildman–Crippen MR) is 95.0 cm³/mol. The van der Waals surface area contributed by atoms with E-state index in [2.05, 4.69) is 0 Å². The van der Waals surface area contributed by atoms with Crippen LogP contribution in [0.5, 0.6) is 0 Å². The summed E-state index contributed by atoms with van der Waals surface area (Å²) in [5, 5.41) is 0. The number of piperidine rings is 1. The van der Waals surface area contributed by atoms with Gasteiger partial charge in [0.15, 0.2) is 0 Å². The number of rotatable bonds is 7. The highest BCUT2D eigenvalue weighted by atomic mass is 32.2. The molecule has 1 saturated heterocycles. The second-order valence-corrected chi connectivity index (χ2v) is 8.40. The van der Waals surface area contributed by atoms with E-state index in [1.165, 1.54) is 16.4 Å². The minimum Gasteiger partial charge on any atom is -0.342 e. The average Bonchev–Trinajstić information content (AvgIpc) is 2.61.